The van der Waals surface area contributed by atoms with E-state index in [1.807, 2.05) is 0 Å². The highest BCUT2D eigenvalue weighted by atomic mass is 16.1. The first-order valence-corrected chi connectivity index (χ1v) is 6.71. The second kappa shape index (κ2) is 6.01. The maximum Gasteiger partial charge on any atom is 0.233 e. The fourth-order valence-corrected chi connectivity index (χ4v) is 1.89. The Kier molecular flexibility index (Phi) is 4.37. The van der Waals surface area contributed by atoms with E-state index in [1.54, 1.807) is 0 Å². The molecule has 1 aromatic rings. The fraction of sp³-hybridized carbons (Fsp3) is 0.533. The average molecular weight is 246 g/mol. The lowest BCUT2D eigenvalue weighted by Crippen LogP contribution is -2.35. The van der Waals surface area contributed by atoms with Gasteiger partial charge in [-0.05, 0) is 49.8 Å². The molecule has 0 bridgehead atoms. The minimum atomic E-state index is 0.103. The summed E-state index contributed by atoms with van der Waals surface area (Å²) < 4.78 is 0. The van der Waals surface area contributed by atoms with Crippen LogP contribution in [-0.4, -0.2) is 25.0 Å². The average Bonchev–Trinajstić information content (AvgIpc) is 3.15. The van der Waals surface area contributed by atoms with Crippen LogP contribution in [0.2, 0.25) is 0 Å². The summed E-state index contributed by atoms with van der Waals surface area (Å²) in [5.41, 5.74) is 3.92. The van der Waals surface area contributed by atoms with E-state index in [9.17, 15) is 4.79 Å². The van der Waals surface area contributed by atoms with Gasteiger partial charge in [-0.15, -0.1) is 0 Å². The van der Waals surface area contributed by atoms with Gasteiger partial charge in [0.15, 0.2) is 0 Å². The lowest BCUT2D eigenvalue weighted by Gasteiger charge is -2.07. The van der Waals surface area contributed by atoms with Crippen LogP contribution in [0.1, 0.15) is 29.5 Å². The monoisotopic (exact) mass is 246 g/mol. The Morgan fingerprint density at radius 3 is 2.72 bits per heavy atom. The van der Waals surface area contributed by atoms with Gasteiger partial charge in [-0.1, -0.05) is 18.2 Å². The first-order chi connectivity index (χ1) is 8.65. The molecule has 0 radical (unpaired) electrons. The van der Waals surface area contributed by atoms with Gasteiger partial charge in [-0.2, -0.15) is 0 Å². The molecule has 1 aromatic carbocycles. The van der Waals surface area contributed by atoms with Gasteiger partial charge in [0.05, 0.1) is 6.54 Å². The highest BCUT2D eigenvalue weighted by Gasteiger charge is 2.20. The van der Waals surface area contributed by atoms with Crippen molar-refractivity contribution in [1.82, 2.24) is 10.6 Å². The Hall–Kier alpha value is -1.35. The van der Waals surface area contributed by atoms with E-state index in [0.717, 1.165) is 6.42 Å². The van der Waals surface area contributed by atoms with Gasteiger partial charge in [0.2, 0.25) is 5.91 Å². The topological polar surface area (TPSA) is 41.1 Å². The summed E-state index contributed by atoms with van der Waals surface area (Å²) in [6.07, 6.45) is 3.34. The molecule has 1 fully saturated rings. The van der Waals surface area contributed by atoms with E-state index in [4.69, 9.17) is 0 Å². The molecule has 1 saturated carbocycles. The van der Waals surface area contributed by atoms with E-state index < -0.39 is 0 Å². The minimum absolute atomic E-state index is 0.103. The van der Waals surface area contributed by atoms with E-state index >= 15 is 0 Å². The van der Waals surface area contributed by atoms with E-state index in [-0.39, 0.29) is 5.91 Å². The molecule has 0 aromatic heterocycles. The van der Waals surface area contributed by atoms with Gasteiger partial charge >= 0.3 is 0 Å². The molecule has 1 aliphatic rings. The number of hydrogen-bond acceptors (Lipinski definition) is 2. The quantitative estimate of drug-likeness (QED) is 0.802. The maximum atomic E-state index is 11.5. The summed E-state index contributed by atoms with van der Waals surface area (Å²) in [5.74, 6) is 0.103. The number of carbonyl (C=O) groups excluding carboxylic acids is 1. The molecule has 0 heterocycles. The molecule has 0 unspecified atom stereocenters. The lowest BCUT2D eigenvalue weighted by atomic mass is 10.0. The first-order valence-electron chi connectivity index (χ1n) is 6.71. The molecule has 0 aliphatic heterocycles. The minimum Gasteiger partial charge on any atom is -0.355 e. The largest absolute Gasteiger partial charge is 0.355 e. The highest BCUT2D eigenvalue weighted by molar-refractivity contribution is 5.78. The van der Waals surface area contributed by atoms with Crippen molar-refractivity contribution in [3.63, 3.8) is 0 Å². The molecule has 18 heavy (non-hydrogen) atoms. The Morgan fingerprint density at radius 2 is 2.06 bits per heavy atom. The second-order valence-corrected chi connectivity index (χ2v) is 5.17. The molecule has 3 nitrogen and oxygen atoms in total. The van der Waals surface area contributed by atoms with Crippen molar-refractivity contribution in [2.75, 3.05) is 13.1 Å². The Morgan fingerprint density at radius 1 is 1.28 bits per heavy atom. The van der Waals surface area contributed by atoms with Gasteiger partial charge in [0, 0.05) is 12.6 Å². The second-order valence-electron chi connectivity index (χ2n) is 5.17. The van der Waals surface area contributed by atoms with Gasteiger partial charge in [-0.25, -0.2) is 0 Å². The molecule has 0 atom stereocenters. The van der Waals surface area contributed by atoms with E-state index in [0.29, 0.717) is 19.1 Å². The Labute approximate surface area is 109 Å². The summed E-state index contributed by atoms with van der Waals surface area (Å²) in [7, 11) is 0. The molecule has 1 amide bonds. The Balaban J connectivity index is 1.67. The molecular formula is C15H22N2O. The first kappa shape index (κ1) is 13.1. The zero-order chi connectivity index (χ0) is 13.0. The number of aryl methyl sites for hydroxylation is 2. The van der Waals surface area contributed by atoms with E-state index in [1.165, 1.54) is 29.5 Å². The highest BCUT2D eigenvalue weighted by Crippen LogP contribution is 2.17. The normalized spacial score (nSPS) is 14.6. The van der Waals surface area contributed by atoms with Crippen molar-refractivity contribution >= 4 is 5.91 Å². The standard InChI is InChI=1S/C15H22N2O/c1-11-3-4-13(9-12(11)2)7-8-16-15(18)10-17-14-5-6-14/h3-4,9,14,17H,5-8,10H2,1-2H3,(H,16,18). The van der Waals surface area contributed by atoms with Crippen LogP contribution in [0.4, 0.5) is 0 Å². The number of rotatable bonds is 6. The summed E-state index contributed by atoms with van der Waals surface area (Å²) in [4.78, 5) is 11.5. The summed E-state index contributed by atoms with van der Waals surface area (Å²) >= 11 is 0. The number of nitrogens with one attached hydrogen (secondary N) is 2. The van der Waals surface area contributed by atoms with Gasteiger partial charge < -0.3 is 10.6 Å². The van der Waals surface area contributed by atoms with Gasteiger partial charge in [0.1, 0.15) is 0 Å². The smallest absolute Gasteiger partial charge is 0.233 e. The molecule has 3 heteroatoms. The van der Waals surface area contributed by atoms with Crippen LogP contribution < -0.4 is 10.6 Å². The molecule has 98 valence electrons. The third-order valence-electron chi connectivity index (χ3n) is 3.44. The van der Waals surface area contributed by atoms with Crippen molar-refractivity contribution in [1.29, 1.82) is 0 Å². The zero-order valence-electron chi connectivity index (χ0n) is 11.3. The number of benzene rings is 1. The van der Waals surface area contributed by atoms with Crippen LogP contribution in [0.15, 0.2) is 18.2 Å². The van der Waals surface area contributed by atoms with Crippen LogP contribution in [-0.2, 0) is 11.2 Å². The maximum absolute atomic E-state index is 11.5. The van der Waals surface area contributed by atoms with Crippen molar-refractivity contribution in [2.24, 2.45) is 0 Å². The summed E-state index contributed by atoms with van der Waals surface area (Å²) in [5, 5.41) is 6.16. The molecule has 0 saturated heterocycles. The predicted octanol–water partition coefficient (Wildman–Crippen LogP) is 1.71. The SMILES string of the molecule is Cc1ccc(CCNC(=O)CNC2CC2)cc1C. The van der Waals surface area contributed by atoms with Gasteiger partial charge in [-0.3, -0.25) is 4.79 Å². The van der Waals surface area contributed by atoms with Crippen LogP contribution in [0.5, 0.6) is 0 Å². The third-order valence-corrected chi connectivity index (χ3v) is 3.44. The van der Waals surface area contributed by atoms with Crippen molar-refractivity contribution in [3.05, 3.63) is 34.9 Å². The lowest BCUT2D eigenvalue weighted by molar-refractivity contribution is -0.120. The number of carbonyl (C=O) groups is 1. The van der Waals surface area contributed by atoms with E-state index in [2.05, 4.69) is 42.7 Å². The third kappa shape index (κ3) is 4.15. The van der Waals surface area contributed by atoms with Crippen molar-refractivity contribution < 1.29 is 4.79 Å². The molecule has 0 spiro atoms. The molecule has 2 rings (SSSR count). The predicted molar refractivity (Wildman–Crippen MR) is 73.7 cm³/mol. The van der Waals surface area contributed by atoms with Gasteiger partial charge in [0.25, 0.3) is 0 Å². The number of amides is 1. The van der Waals surface area contributed by atoms with Crippen LogP contribution >= 0.6 is 0 Å². The number of hydrogen-bond donors (Lipinski definition) is 2. The summed E-state index contributed by atoms with van der Waals surface area (Å²) in [6.45, 7) is 5.41. The molecule has 2 N–H and O–H groups in total. The van der Waals surface area contributed by atoms with Crippen LogP contribution in [0.25, 0.3) is 0 Å². The Bertz CT molecular complexity index is 425. The fourth-order valence-electron chi connectivity index (χ4n) is 1.89. The molecule has 1 aliphatic carbocycles. The van der Waals surface area contributed by atoms with Crippen LogP contribution in [0.3, 0.4) is 0 Å². The summed E-state index contributed by atoms with van der Waals surface area (Å²) in [6, 6.07) is 7.07. The molecular weight excluding hydrogens is 224 g/mol. The van der Waals surface area contributed by atoms with Crippen molar-refractivity contribution in [3.8, 4) is 0 Å². The van der Waals surface area contributed by atoms with Crippen LogP contribution in [0, 0.1) is 13.8 Å². The zero-order valence-corrected chi connectivity index (χ0v) is 11.3. The van der Waals surface area contributed by atoms with Crippen molar-refractivity contribution in [2.45, 2.75) is 39.2 Å².